The number of benzene rings is 3. The van der Waals surface area contributed by atoms with Crippen LogP contribution in [-0.2, 0) is 24.6 Å². The first-order valence-electron chi connectivity index (χ1n) is 14.9. The number of nitrogens with zero attached hydrogens (tertiary/aromatic N) is 4. The quantitative estimate of drug-likeness (QED) is 0.138. The molecule has 2 saturated heterocycles. The van der Waals surface area contributed by atoms with Gasteiger partial charge in [0.1, 0.15) is 5.69 Å². The standard InChI is InChI=1S/C34H23ClN4O6/c35-18-11-12-23(24(14-18)39(44)45)37-30(40)28-27-19-5-1-3-7-21(19)34(29(28)33(37)43,22-8-4-2-6-20(22)27)15-36-38-31(41)25-16-9-10-17(13-16)26(25)32(38)42/h1-12,14-17,25-29H,13H2/b36-15-/t16-,17-,25-,26+,27?,28-,29+,34?/m0/s1. The molecule has 10 nitrogen and oxygen atoms in total. The lowest BCUT2D eigenvalue weighted by Crippen LogP contribution is -2.55. The lowest BCUT2D eigenvalue weighted by Gasteiger charge is -2.52. The van der Waals surface area contributed by atoms with Crippen molar-refractivity contribution in [3.63, 3.8) is 0 Å². The Morgan fingerprint density at radius 2 is 1.42 bits per heavy atom. The molecule has 45 heavy (non-hydrogen) atoms. The highest BCUT2D eigenvalue weighted by Crippen LogP contribution is 2.64. The third-order valence-corrected chi connectivity index (χ3v) is 11.1. The van der Waals surface area contributed by atoms with Crippen LogP contribution in [-0.4, -0.2) is 39.8 Å². The lowest BCUT2D eigenvalue weighted by atomic mass is 9.47. The van der Waals surface area contributed by atoms with E-state index in [0.717, 1.165) is 44.6 Å². The fourth-order valence-electron chi connectivity index (χ4n) is 9.27. The van der Waals surface area contributed by atoms with Crippen LogP contribution in [0.3, 0.4) is 0 Å². The Balaban J connectivity index is 1.25. The van der Waals surface area contributed by atoms with Crippen molar-refractivity contribution in [2.45, 2.75) is 17.8 Å². The van der Waals surface area contributed by atoms with Gasteiger partial charge in [-0.05, 0) is 52.6 Å². The summed E-state index contributed by atoms with van der Waals surface area (Å²) in [5.74, 6) is -5.24. The van der Waals surface area contributed by atoms with Crippen LogP contribution in [0.4, 0.5) is 11.4 Å². The summed E-state index contributed by atoms with van der Waals surface area (Å²) in [5, 5.41) is 17.7. The van der Waals surface area contributed by atoms with Gasteiger partial charge in [0.15, 0.2) is 0 Å². The summed E-state index contributed by atoms with van der Waals surface area (Å²) < 4.78 is 0. The van der Waals surface area contributed by atoms with Crippen LogP contribution in [0.5, 0.6) is 0 Å². The molecule has 2 aliphatic heterocycles. The predicted molar refractivity (Wildman–Crippen MR) is 161 cm³/mol. The molecule has 5 aliphatic carbocycles. The molecule has 0 unspecified atom stereocenters. The van der Waals surface area contributed by atoms with E-state index in [2.05, 4.69) is 5.10 Å². The summed E-state index contributed by atoms with van der Waals surface area (Å²) in [6.45, 7) is 0. The van der Waals surface area contributed by atoms with E-state index in [0.29, 0.717) is 0 Å². The second kappa shape index (κ2) is 8.82. The van der Waals surface area contributed by atoms with Crippen molar-refractivity contribution in [2.24, 2.45) is 40.6 Å². The molecular formula is C34H23ClN4O6. The third-order valence-electron chi connectivity index (χ3n) is 10.9. The number of halogens is 1. The van der Waals surface area contributed by atoms with Gasteiger partial charge in [-0.25, -0.2) is 4.90 Å². The van der Waals surface area contributed by atoms with Crippen molar-refractivity contribution < 1.29 is 24.1 Å². The number of carbonyl (C=O) groups is 4. The number of rotatable bonds is 4. The average molecular weight is 619 g/mol. The minimum atomic E-state index is -1.34. The molecule has 1 saturated carbocycles. The van der Waals surface area contributed by atoms with Gasteiger partial charge >= 0.3 is 0 Å². The van der Waals surface area contributed by atoms with Crippen LogP contribution in [0, 0.1) is 45.6 Å². The van der Waals surface area contributed by atoms with Crippen molar-refractivity contribution in [1.29, 1.82) is 0 Å². The maximum absolute atomic E-state index is 14.6. The number of nitro groups is 1. The van der Waals surface area contributed by atoms with Crippen LogP contribution >= 0.6 is 11.6 Å². The van der Waals surface area contributed by atoms with Gasteiger partial charge in [0.25, 0.3) is 17.5 Å². The van der Waals surface area contributed by atoms with Crippen molar-refractivity contribution in [1.82, 2.24) is 5.01 Å². The van der Waals surface area contributed by atoms with E-state index < -0.39 is 57.4 Å². The molecular weight excluding hydrogens is 596 g/mol. The summed E-state index contributed by atoms with van der Waals surface area (Å²) in [6.07, 6.45) is 6.31. The number of fused-ring (bicyclic) bond motifs is 5. The maximum Gasteiger partial charge on any atom is 0.294 e. The summed E-state index contributed by atoms with van der Waals surface area (Å²) >= 11 is 6.07. The molecule has 7 aliphatic rings. The highest BCUT2D eigenvalue weighted by Gasteiger charge is 2.69. The molecule has 2 heterocycles. The Bertz CT molecular complexity index is 1930. The second-order valence-corrected chi connectivity index (χ2v) is 13.1. The fraction of sp³-hybridized carbons (Fsp3) is 0.265. The van der Waals surface area contributed by atoms with Crippen molar-refractivity contribution in [3.8, 4) is 0 Å². The van der Waals surface area contributed by atoms with Gasteiger partial charge < -0.3 is 0 Å². The van der Waals surface area contributed by atoms with E-state index in [1.54, 1.807) is 0 Å². The van der Waals surface area contributed by atoms with Crippen LogP contribution in [0.1, 0.15) is 34.6 Å². The zero-order valence-electron chi connectivity index (χ0n) is 23.4. The molecule has 3 aromatic carbocycles. The molecule has 0 spiro atoms. The van der Waals surface area contributed by atoms with Gasteiger partial charge in [0.05, 0.1) is 34.0 Å². The molecule has 4 amide bonds. The molecule has 222 valence electrons. The van der Waals surface area contributed by atoms with Gasteiger partial charge in [-0.15, -0.1) is 0 Å². The summed E-state index contributed by atoms with van der Waals surface area (Å²) in [7, 11) is 0. The van der Waals surface area contributed by atoms with Gasteiger partial charge in [0.2, 0.25) is 11.8 Å². The number of carbonyl (C=O) groups excluding carboxylic acids is 4. The maximum atomic E-state index is 14.6. The van der Waals surface area contributed by atoms with Gasteiger partial charge in [-0.1, -0.05) is 72.3 Å². The van der Waals surface area contributed by atoms with Crippen LogP contribution in [0.15, 0.2) is 84.0 Å². The minimum Gasteiger partial charge on any atom is -0.274 e. The van der Waals surface area contributed by atoms with Crippen LogP contribution < -0.4 is 4.90 Å². The van der Waals surface area contributed by atoms with E-state index in [1.807, 2.05) is 60.7 Å². The molecule has 0 radical (unpaired) electrons. The van der Waals surface area contributed by atoms with Crippen molar-refractivity contribution in [2.75, 3.05) is 4.90 Å². The molecule has 3 fully saturated rings. The van der Waals surface area contributed by atoms with Gasteiger partial charge in [0, 0.05) is 23.2 Å². The molecule has 6 atom stereocenters. The van der Waals surface area contributed by atoms with E-state index in [1.165, 1.54) is 18.3 Å². The van der Waals surface area contributed by atoms with E-state index in [4.69, 9.17) is 11.6 Å². The monoisotopic (exact) mass is 618 g/mol. The molecule has 10 rings (SSSR count). The minimum absolute atomic E-state index is 0.00326. The highest BCUT2D eigenvalue weighted by molar-refractivity contribution is 6.31. The molecule has 4 bridgehead atoms. The van der Waals surface area contributed by atoms with E-state index in [-0.39, 0.29) is 34.4 Å². The first-order valence-corrected chi connectivity index (χ1v) is 15.2. The predicted octanol–water partition coefficient (Wildman–Crippen LogP) is 4.59. The average Bonchev–Trinajstić information content (AvgIpc) is 3.79. The van der Waals surface area contributed by atoms with E-state index >= 15 is 0 Å². The Morgan fingerprint density at radius 1 is 0.822 bits per heavy atom. The highest BCUT2D eigenvalue weighted by atomic mass is 35.5. The zero-order valence-corrected chi connectivity index (χ0v) is 24.2. The van der Waals surface area contributed by atoms with Gasteiger partial charge in [-0.3, -0.25) is 29.3 Å². The first-order chi connectivity index (χ1) is 21.7. The topological polar surface area (TPSA) is 130 Å². The number of nitro benzene ring substituents is 1. The van der Waals surface area contributed by atoms with Crippen LogP contribution in [0.2, 0.25) is 5.02 Å². The van der Waals surface area contributed by atoms with E-state index in [9.17, 15) is 29.3 Å². The molecule has 0 N–H and O–H groups in total. The number of hydrazone groups is 1. The van der Waals surface area contributed by atoms with Crippen molar-refractivity contribution >= 4 is 52.8 Å². The number of hydrogen-bond acceptors (Lipinski definition) is 7. The Kier molecular flexibility index (Phi) is 5.18. The fourth-order valence-corrected chi connectivity index (χ4v) is 9.43. The third kappa shape index (κ3) is 3.12. The Morgan fingerprint density at radius 3 is 2.02 bits per heavy atom. The number of imide groups is 2. The summed E-state index contributed by atoms with van der Waals surface area (Å²) in [4.78, 5) is 68.6. The number of hydrogen-bond donors (Lipinski definition) is 0. The normalized spacial score (nSPS) is 33.3. The molecule has 0 aromatic heterocycles. The van der Waals surface area contributed by atoms with Gasteiger partial charge in [-0.2, -0.15) is 10.1 Å². The zero-order chi connectivity index (χ0) is 30.9. The SMILES string of the molecule is O=C1[C@@H]2[C@H](C(=O)N1/N=C\C13c4ccccc4C(c4ccccc41)[C@@H]1C(=O)N(c4ccc(Cl)cc4[N+](=O)[O-])C(=O)[C@@H]13)[C@H]1C=C[C@H]2C1. The molecule has 3 aromatic rings. The Labute approximate surface area is 261 Å². The second-order valence-electron chi connectivity index (χ2n) is 12.7. The van der Waals surface area contributed by atoms with Crippen molar-refractivity contribution in [3.05, 3.63) is 116 Å². The number of amides is 4. The largest absolute Gasteiger partial charge is 0.294 e. The molecule has 11 heteroatoms. The number of anilines is 1. The van der Waals surface area contributed by atoms with Crippen LogP contribution in [0.25, 0.3) is 0 Å². The number of allylic oxidation sites excluding steroid dienone is 2. The summed E-state index contributed by atoms with van der Waals surface area (Å²) in [5.41, 5.74) is 1.18. The summed E-state index contributed by atoms with van der Waals surface area (Å²) in [6, 6.07) is 18.9. The first kappa shape index (κ1) is 26.4. The smallest absolute Gasteiger partial charge is 0.274 e. The lowest BCUT2D eigenvalue weighted by molar-refractivity contribution is -0.384. The Hall–Kier alpha value is -4.96.